The molecule has 0 amide bonds. The second-order valence-electron chi connectivity index (χ2n) is 3.05. The standard InChI is InChI=1S/C9H11BrFN/c1-5(2)7-3-6(11)4-8(10)9(7)12/h3-5H,12H2,1-2H3. The van der Waals surface area contributed by atoms with Crippen LogP contribution in [0, 0.1) is 5.82 Å². The molecule has 0 aromatic heterocycles. The summed E-state index contributed by atoms with van der Waals surface area (Å²) in [7, 11) is 0. The van der Waals surface area contributed by atoms with Crippen molar-refractivity contribution in [2.75, 3.05) is 5.73 Å². The number of hydrogen-bond donors (Lipinski definition) is 1. The molecule has 3 heteroatoms. The van der Waals surface area contributed by atoms with Gasteiger partial charge < -0.3 is 5.73 Å². The summed E-state index contributed by atoms with van der Waals surface area (Å²) in [6, 6.07) is 2.85. The van der Waals surface area contributed by atoms with E-state index in [2.05, 4.69) is 15.9 Å². The number of nitrogen functional groups attached to an aromatic ring is 1. The maximum atomic E-state index is 12.9. The van der Waals surface area contributed by atoms with E-state index in [1.165, 1.54) is 12.1 Å². The van der Waals surface area contributed by atoms with E-state index in [0.29, 0.717) is 10.2 Å². The van der Waals surface area contributed by atoms with Crippen molar-refractivity contribution in [3.05, 3.63) is 28.0 Å². The summed E-state index contributed by atoms with van der Waals surface area (Å²) in [5.41, 5.74) is 7.22. The second kappa shape index (κ2) is 3.44. The van der Waals surface area contributed by atoms with Crippen LogP contribution in [0.3, 0.4) is 0 Å². The molecule has 0 heterocycles. The Kier molecular flexibility index (Phi) is 2.73. The number of nitrogens with two attached hydrogens (primary N) is 1. The van der Waals surface area contributed by atoms with E-state index in [1.807, 2.05) is 13.8 Å². The number of anilines is 1. The van der Waals surface area contributed by atoms with Crippen molar-refractivity contribution < 1.29 is 4.39 Å². The zero-order valence-corrected chi connectivity index (χ0v) is 8.65. The Morgan fingerprint density at radius 1 is 1.42 bits per heavy atom. The van der Waals surface area contributed by atoms with Crippen molar-refractivity contribution >= 4 is 21.6 Å². The number of halogens is 2. The summed E-state index contributed by atoms with van der Waals surface area (Å²) < 4.78 is 13.5. The van der Waals surface area contributed by atoms with Gasteiger partial charge in [-0.15, -0.1) is 0 Å². The van der Waals surface area contributed by atoms with Crippen molar-refractivity contribution in [2.45, 2.75) is 19.8 Å². The molecule has 0 radical (unpaired) electrons. The molecule has 0 bridgehead atoms. The van der Waals surface area contributed by atoms with E-state index in [4.69, 9.17) is 5.73 Å². The van der Waals surface area contributed by atoms with Gasteiger partial charge in [0, 0.05) is 10.2 Å². The minimum Gasteiger partial charge on any atom is -0.398 e. The minimum atomic E-state index is -0.250. The molecule has 0 spiro atoms. The Morgan fingerprint density at radius 3 is 2.50 bits per heavy atom. The fourth-order valence-corrected chi connectivity index (χ4v) is 1.53. The molecular formula is C9H11BrFN. The van der Waals surface area contributed by atoms with Gasteiger partial charge in [-0.05, 0) is 39.5 Å². The first-order chi connectivity index (χ1) is 5.52. The third kappa shape index (κ3) is 1.78. The predicted molar refractivity (Wildman–Crippen MR) is 52.6 cm³/mol. The fraction of sp³-hybridized carbons (Fsp3) is 0.333. The van der Waals surface area contributed by atoms with Crippen molar-refractivity contribution in [2.24, 2.45) is 0 Å². The number of benzene rings is 1. The van der Waals surface area contributed by atoms with Crippen LogP contribution in [0.15, 0.2) is 16.6 Å². The molecule has 1 aromatic rings. The molecule has 0 saturated carbocycles. The van der Waals surface area contributed by atoms with Gasteiger partial charge in [-0.1, -0.05) is 13.8 Å². The molecule has 66 valence electrons. The molecular weight excluding hydrogens is 221 g/mol. The SMILES string of the molecule is CC(C)c1cc(F)cc(Br)c1N. The van der Waals surface area contributed by atoms with E-state index in [1.54, 1.807) is 0 Å². The van der Waals surface area contributed by atoms with Crippen molar-refractivity contribution in [1.29, 1.82) is 0 Å². The second-order valence-corrected chi connectivity index (χ2v) is 3.90. The molecule has 0 saturated heterocycles. The van der Waals surface area contributed by atoms with Crippen LogP contribution < -0.4 is 5.73 Å². The number of rotatable bonds is 1. The minimum absolute atomic E-state index is 0.247. The molecule has 0 atom stereocenters. The summed E-state index contributed by atoms with van der Waals surface area (Å²) in [4.78, 5) is 0. The average molecular weight is 232 g/mol. The average Bonchev–Trinajstić information content (AvgIpc) is 1.96. The van der Waals surface area contributed by atoms with Crippen LogP contribution in [-0.4, -0.2) is 0 Å². The largest absolute Gasteiger partial charge is 0.398 e. The lowest BCUT2D eigenvalue weighted by molar-refractivity contribution is 0.623. The van der Waals surface area contributed by atoms with Gasteiger partial charge in [-0.3, -0.25) is 0 Å². The van der Waals surface area contributed by atoms with E-state index >= 15 is 0 Å². The van der Waals surface area contributed by atoms with Gasteiger partial charge in [0.25, 0.3) is 0 Å². The highest BCUT2D eigenvalue weighted by Crippen LogP contribution is 2.29. The monoisotopic (exact) mass is 231 g/mol. The Labute approximate surface area is 79.9 Å². The van der Waals surface area contributed by atoms with Crippen molar-refractivity contribution in [3.63, 3.8) is 0 Å². The predicted octanol–water partition coefficient (Wildman–Crippen LogP) is 3.29. The molecule has 0 aliphatic heterocycles. The van der Waals surface area contributed by atoms with Gasteiger partial charge in [-0.25, -0.2) is 4.39 Å². The topological polar surface area (TPSA) is 26.0 Å². The molecule has 1 aromatic carbocycles. The lowest BCUT2D eigenvalue weighted by Gasteiger charge is -2.10. The smallest absolute Gasteiger partial charge is 0.124 e. The molecule has 0 aliphatic carbocycles. The normalized spacial score (nSPS) is 10.8. The Balaban J connectivity index is 3.28. The Morgan fingerprint density at radius 2 is 2.00 bits per heavy atom. The van der Waals surface area contributed by atoms with Crippen LogP contribution in [0.25, 0.3) is 0 Å². The summed E-state index contributed by atoms with van der Waals surface area (Å²) in [5.74, 6) is -0.00299. The Hall–Kier alpha value is -0.570. The van der Waals surface area contributed by atoms with E-state index in [0.717, 1.165) is 5.56 Å². The van der Waals surface area contributed by atoms with Gasteiger partial charge >= 0.3 is 0 Å². The lowest BCUT2D eigenvalue weighted by atomic mass is 10.0. The molecule has 2 N–H and O–H groups in total. The Bertz CT molecular complexity index is 297. The summed E-state index contributed by atoms with van der Waals surface area (Å²) >= 11 is 3.20. The highest BCUT2D eigenvalue weighted by atomic mass is 79.9. The summed E-state index contributed by atoms with van der Waals surface area (Å²) in [6.45, 7) is 3.97. The fourth-order valence-electron chi connectivity index (χ4n) is 1.08. The maximum Gasteiger partial charge on any atom is 0.124 e. The van der Waals surface area contributed by atoms with Gasteiger partial charge in [0.2, 0.25) is 0 Å². The molecule has 0 fully saturated rings. The first-order valence-corrected chi connectivity index (χ1v) is 4.56. The summed E-state index contributed by atoms with van der Waals surface area (Å²) in [6.07, 6.45) is 0. The van der Waals surface area contributed by atoms with Gasteiger partial charge in [-0.2, -0.15) is 0 Å². The third-order valence-electron chi connectivity index (χ3n) is 1.75. The lowest BCUT2D eigenvalue weighted by Crippen LogP contribution is -1.98. The molecule has 1 rings (SSSR count). The molecule has 1 nitrogen and oxygen atoms in total. The molecule has 0 aliphatic rings. The first kappa shape index (κ1) is 9.52. The van der Waals surface area contributed by atoms with E-state index < -0.39 is 0 Å². The van der Waals surface area contributed by atoms with Crippen LogP contribution in [-0.2, 0) is 0 Å². The quantitative estimate of drug-likeness (QED) is 0.738. The highest BCUT2D eigenvalue weighted by molar-refractivity contribution is 9.10. The van der Waals surface area contributed by atoms with Gasteiger partial charge in [0.15, 0.2) is 0 Å². The first-order valence-electron chi connectivity index (χ1n) is 3.76. The van der Waals surface area contributed by atoms with Crippen molar-refractivity contribution in [1.82, 2.24) is 0 Å². The third-order valence-corrected chi connectivity index (χ3v) is 2.40. The van der Waals surface area contributed by atoms with Gasteiger partial charge in [0.1, 0.15) is 5.82 Å². The van der Waals surface area contributed by atoms with Crippen LogP contribution in [0.2, 0.25) is 0 Å². The van der Waals surface area contributed by atoms with Crippen LogP contribution in [0.5, 0.6) is 0 Å². The maximum absolute atomic E-state index is 12.9. The van der Waals surface area contributed by atoms with Gasteiger partial charge in [0.05, 0.1) is 0 Å². The zero-order chi connectivity index (χ0) is 9.30. The highest BCUT2D eigenvalue weighted by Gasteiger charge is 2.08. The van der Waals surface area contributed by atoms with E-state index in [9.17, 15) is 4.39 Å². The molecule has 0 unspecified atom stereocenters. The summed E-state index contributed by atoms with van der Waals surface area (Å²) in [5, 5.41) is 0. The van der Waals surface area contributed by atoms with Crippen LogP contribution in [0.4, 0.5) is 10.1 Å². The van der Waals surface area contributed by atoms with E-state index in [-0.39, 0.29) is 11.7 Å². The molecule has 12 heavy (non-hydrogen) atoms. The van der Waals surface area contributed by atoms with Crippen LogP contribution in [0.1, 0.15) is 25.3 Å². The number of hydrogen-bond acceptors (Lipinski definition) is 1. The zero-order valence-electron chi connectivity index (χ0n) is 7.07. The van der Waals surface area contributed by atoms with Crippen molar-refractivity contribution in [3.8, 4) is 0 Å². The van der Waals surface area contributed by atoms with Crippen LogP contribution >= 0.6 is 15.9 Å².